The molecule has 1 aromatic heterocycles. The Morgan fingerprint density at radius 1 is 1.17 bits per heavy atom. The van der Waals surface area contributed by atoms with Crippen LogP contribution in [0.1, 0.15) is 42.2 Å². The number of carbonyl (C=O) groups excluding carboxylic acids is 2. The Morgan fingerprint density at radius 2 is 1.88 bits per heavy atom. The van der Waals surface area contributed by atoms with E-state index >= 15 is 0 Å². The summed E-state index contributed by atoms with van der Waals surface area (Å²) >= 11 is 0. The Kier molecular flexibility index (Phi) is 6.18. The van der Waals surface area contributed by atoms with Crippen LogP contribution in [0.5, 0.6) is 0 Å². The van der Waals surface area contributed by atoms with E-state index in [4.69, 9.17) is 4.74 Å². The maximum Gasteiger partial charge on any atom is 0.355 e. The van der Waals surface area contributed by atoms with E-state index in [-0.39, 0.29) is 11.8 Å². The maximum absolute atomic E-state index is 12.2. The standard InChI is InChI=1S/C19H24N2O3/c1-4-15(16-9-6-5-7-10-16)13-20-18(22)14(2)24-19(23)17-11-8-12-21(17)3/h5-12,14-15H,4,13H2,1-3H3,(H,20,22)/t14-,15+/m1/s1. The number of aromatic nitrogens is 1. The lowest BCUT2D eigenvalue weighted by Crippen LogP contribution is -2.38. The van der Waals surface area contributed by atoms with Crippen LogP contribution in [-0.4, -0.2) is 29.1 Å². The summed E-state index contributed by atoms with van der Waals surface area (Å²) in [4.78, 5) is 24.2. The van der Waals surface area contributed by atoms with E-state index in [1.165, 1.54) is 5.56 Å². The van der Waals surface area contributed by atoms with Crippen molar-refractivity contribution in [3.05, 3.63) is 59.9 Å². The number of amides is 1. The number of nitrogens with zero attached hydrogens (tertiary/aromatic N) is 1. The van der Waals surface area contributed by atoms with Crippen molar-refractivity contribution in [3.63, 3.8) is 0 Å². The second kappa shape index (κ2) is 8.34. The number of aryl methyl sites for hydroxylation is 1. The normalized spacial score (nSPS) is 13.1. The zero-order chi connectivity index (χ0) is 17.5. The third kappa shape index (κ3) is 4.47. The number of rotatable bonds is 7. The lowest BCUT2D eigenvalue weighted by Gasteiger charge is -2.18. The Morgan fingerprint density at radius 3 is 2.46 bits per heavy atom. The van der Waals surface area contributed by atoms with Gasteiger partial charge < -0.3 is 14.6 Å². The summed E-state index contributed by atoms with van der Waals surface area (Å²) in [5.74, 6) is -0.543. The van der Waals surface area contributed by atoms with Gasteiger partial charge in [0.25, 0.3) is 5.91 Å². The van der Waals surface area contributed by atoms with E-state index in [0.717, 1.165) is 6.42 Å². The van der Waals surface area contributed by atoms with Gasteiger partial charge in [-0.3, -0.25) is 4.79 Å². The molecule has 0 aliphatic rings. The summed E-state index contributed by atoms with van der Waals surface area (Å²) in [6, 6.07) is 13.5. The smallest absolute Gasteiger partial charge is 0.355 e. The molecule has 0 aliphatic carbocycles. The summed E-state index contributed by atoms with van der Waals surface area (Å²) in [6.45, 7) is 4.19. The molecule has 1 heterocycles. The van der Waals surface area contributed by atoms with Crippen molar-refractivity contribution in [2.24, 2.45) is 7.05 Å². The predicted molar refractivity (Wildman–Crippen MR) is 92.8 cm³/mol. The number of nitrogens with one attached hydrogen (secondary N) is 1. The highest BCUT2D eigenvalue weighted by Gasteiger charge is 2.21. The molecule has 0 saturated heterocycles. The molecule has 0 saturated carbocycles. The van der Waals surface area contributed by atoms with E-state index in [1.807, 2.05) is 18.2 Å². The Bertz CT molecular complexity index is 679. The van der Waals surface area contributed by atoms with Crippen LogP contribution in [0, 0.1) is 0 Å². The van der Waals surface area contributed by atoms with Crippen molar-refractivity contribution in [1.82, 2.24) is 9.88 Å². The zero-order valence-corrected chi connectivity index (χ0v) is 14.4. The van der Waals surface area contributed by atoms with Crippen LogP contribution >= 0.6 is 0 Å². The SMILES string of the molecule is CC[C@@H](CNC(=O)[C@@H](C)OC(=O)c1cccn1C)c1ccccc1. The molecule has 128 valence electrons. The first-order chi connectivity index (χ1) is 11.5. The van der Waals surface area contributed by atoms with Crippen LogP contribution in [-0.2, 0) is 16.6 Å². The molecule has 0 radical (unpaired) electrons. The van der Waals surface area contributed by atoms with Crippen molar-refractivity contribution in [2.45, 2.75) is 32.3 Å². The molecule has 2 atom stereocenters. The largest absolute Gasteiger partial charge is 0.448 e. The minimum atomic E-state index is -0.833. The van der Waals surface area contributed by atoms with Crippen LogP contribution in [0.4, 0.5) is 0 Å². The van der Waals surface area contributed by atoms with Gasteiger partial charge in [0.2, 0.25) is 0 Å². The Hall–Kier alpha value is -2.56. The summed E-state index contributed by atoms with van der Waals surface area (Å²) in [7, 11) is 1.76. The van der Waals surface area contributed by atoms with Crippen molar-refractivity contribution in [1.29, 1.82) is 0 Å². The van der Waals surface area contributed by atoms with Crippen molar-refractivity contribution in [2.75, 3.05) is 6.54 Å². The van der Waals surface area contributed by atoms with E-state index in [1.54, 1.807) is 36.9 Å². The summed E-state index contributed by atoms with van der Waals surface area (Å²) in [6.07, 6.45) is 1.84. The molecule has 5 nitrogen and oxygen atoms in total. The molecule has 2 aromatic rings. The van der Waals surface area contributed by atoms with E-state index in [2.05, 4.69) is 24.4 Å². The van der Waals surface area contributed by atoms with Crippen molar-refractivity contribution in [3.8, 4) is 0 Å². The highest BCUT2D eigenvalue weighted by molar-refractivity contribution is 5.91. The first-order valence-corrected chi connectivity index (χ1v) is 8.17. The minimum Gasteiger partial charge on any atom is -0.448 e. The van der Waals surface area contributed by atoms with Crippen LogP contribution in [0.2, 0.25) is 0 Å². The topological polar surface area (TPSA) is 60.3 Å². The highest BCUT2D eigenvalue weighted by Crippen LogP contribution is 2.18. The number of ether oxygens (including phenoxy) is 1. The van der Waals surface area contributed by atoms with Crippen LogP contribution in [0.15, 0.2) is 48.7 Å². The van der Waals surface area contributed by atoms with Gasteiger partial charge in [-0.05, 0) is 31.0 Å². The molecule has 5 heteroatoms. The molecule has 24 heavy (non-hydrogen) atoms. The van der Waals surface area contributed by atoms with Gasteiger partial charge in [0.15, 0.2) is 6.10 Å². The summed E-state index contributed by atoms with van der Waals surface area (Å²) in [5, 5.41) is 2.87. The van der Waals surface area contributed by atoms with Crippen LogP contribution < -0.4 is 5.32 Å². The average molecular weight is 328 g/mol. The van der Waals surface area contributed by atoms with Gasteiger partial charge in [-0.2, -0.15) is 0 Å². The van der Waals surface area contributed by atoms with Crippen molar-refractivity contribution >= 4 is 11.9 Å². The van der Waals surface area contributed by atoms with Gasteiger partial charge in [-0.15, -0.1) is 0 Å². The second-order valence-electron chi connectivity index (χ2n) is 5.81. The van der Waals surface area contributed by atoms with Gasteiger partial charge in [0.05, 0.1) is 0 Å². The lowest BCUT2D eigenvalue weighted by molar-refractivity contribution is -0.129. The van der Waals surface area contributed by atoms with Crippen molar-refractivity contribution < 1.29 is 14.3 Å². The number of hydrogen-bond donors (Lipinski definition) is 1. The molecule has 0 aliphatic heterocycles. The van der Waals surface area contributed by atoms with Gasteiger partial charge >= 0.3 is 5.97 Å². The quantitative estimate of drug-likeness (QED) is 0.795. The lowest BCUT2D eigenvalue weighted by atomic mass is 9.96. The molecule has 1 N–H and O–H groups in total. The maximum atomic E-state index is 12.2. The average Bonchev–Trinajstić information content (AvgIpc) is 3.02. The third-order valence-electron chi connectivity index (χ3n) is 4.09. The van der Waals surface area contributed by atoms with Crippen LogP contribution in [0.3, 0.4) is 0 Å². The first kappa shape index (κ1) is 17.8. The number of carbonyl (C=O) groups is 2. The number of benzene rings is 1. The third-order valence-corrected chi connectivity index (χ3v) is 4.09. The Labute approximate surface area is 142 Å². The fraction of sp³-hybridized carbons (Fsp3) is 0.368. The second-order valence-corrected chi connectivity index (χ2v) is 5.81. The fourth-order valence-electron chi connectivity index (χ4n) is 2.54. The van der Waals surface area contributed by atoms with E-state index in [9.17, 15) is 9.59 Å². The van der Waals surface area contributed by atoms with Crippen LogP contribution in [0.25, 0.3) is 0 Å². The van der Waals surface area contributed by atoms with E-state index in [0.29, 0.717) is 12.2 Å². The molecule has 1 aromatic carbocycles. The molecule has 0 fully saturated rings. The number of hydrogen-bond acceptors (Lipinski definition) is 3. The predicted octanol–water partition coefficient (Wildman–Crippen LogP) is 2.88. The van der Waals surface area contributed by atoms with E-state index < -0.39 is 12.1 Å². The summed E-state index contributed by atoms with van der Waals surface area (Å²) in [5.41, 5.74) is 1.61. The minimum absolute atomic E-state index is 0.242. The Balaban J connectivity index is 1.87. The summed E-state index contributed by atoms with van der Waals surface area (Å²) < 4.78 is 6.90. The van der Waals surface area contributed by atoms with Gasteiger partial charge in [-0.1, -0.05) is 37.3 Å². The van der Waals surface area contributed by atoms with Gasteiger partial charge in [0, 0.05) is 25.7 Å². The monoisotopic (exact) mass is 328 g/mol. The number of esters is 1. The highest BCUT2D eigenvalue weighted by atomic mass is 16.5. The first-order valence-electron chi connectivity index (χ1n) is 8.17. The molecule has 1 amide bonds. The molecule has 2 rings (SSSR count). The molecule has 0 bridgehead atoms. The van der Waals surface area contributed by atoms with Gasteiger partial charge in [-0.25, -0.2) is 4.79 Å². The molecular weight excluding hydrogens is 304 g/mol. The molecule has 0 unspecified atom stereocenters. The fourth-order valence-corrected chi connectivity index (χ4v) is 2.54. The molecular formula is C19H24N2O3. The molecule has 0 spiro atoms. The zero-order valence-electron chi connectivity index (χ0n) is 14.4. The van der Waals surface area contributed by atoms with Gasteiger partial charge in [0.1, 0.15) is 5.69 Å².